The van der Waals surface area contributed by atoms with E-state index < -0.39 is 11.9 Å². The Balaban J connectivity index is 1.98. The number of H-pyrrole nitrogens is 1. The maximum atomic E-state index is 10.8. The number of aromatic amines is 1. The maximum absolute atomic E-state index is 10.8. The minimum atomic E-state index is -1.11. The highest BCUT2D eigenvalue weighted by atomic mass is 16.7. The van der Waals surface area contributed by atoms with Crippen LogP contribution in [0.25, 0.3) is 11.3 Å². The van der Waals surface area contributed by atoms with E-state index in [9.17, 15) is 5.11 Å². The lowest BCUT2D eigenvalue weighted by molar-refractivity contribution is -0.234. The molecular formula is C16H18N2O3. The first-order valence-electron chi connectivity index (χ1n) is 7.29. The Morgan fingerprint density at radius 2 is 2.00 bits per heavy atom. The fourth-order valence-corrected chi connectivity index (χ4v) is 3.15. The first kappa shape index (κ1) is 13.0. The number of aliphatic hydroxyl groups excluding tert-OH is 1. The molecule has 1 aromatic carbocycles. The molecule has 1 atom stereocenters. The summed E-state index contributed by atoms with van der Waals surface area (Å²) in [5, 5.41) is 10.8. The molecule has 1 aromatic heterocycles. The zero-order valence-corrected chi connectivity index (χ0v) is 12.1. The maximum Gasteiger partial charge on any atom is 0.228 e. The third kappa shape index (κ3) is 1.65. The summed E-state index contributed by atoms with van der Waals surface area (Å²) >= 11 is 0. The zero-order chi connectivity index (χ0) is 14.6. The van der Waals surface area contributed by atoms with Crippen LogP contribution in [0.5, 0.6) is 0 Å². The Morgan fingerprint density at radius 3 is 2.71 bits per heavy atom. The van der Waals surface area contributed by atoms with Crippen molar-refractivity contribution in [1.82, 2.24) is 9.97 Å². The van der Waals surface area contributed by atoms with Gasteiger partial charge < -0.3 is 19.6 Å². The Kier molecular flexibility index (Phi) is 2.73. The molecule has 0 bridgehead atoms. The van der Waals surface area contributed by atoms with Crippen LogP contribution in [0.4, 0.5) is 0 Å². The molecule has 1 unspecified atom stereocenters. The summed E-state index contributed by atoms with van der Waals surface area (Å²) in [5.74, 6) is 0.0184. The number of hydrogen-bond donors (Lipinski definition) is 2. The van der Waals surface area contributed by atoms with Crippen molar-refractivity contribution in [2.75, 3.05) is 13.2 Å². The van der Waals surface area contributed by atoms with Gasteiger partial charge in [0.1, 0.15) is 5.82 Å². The van der Waals surface area contributed by atoms with Crippen molar-refractivity contribution in [3.05, 3.63) is 41.3 Å². The highest BCUT2D eigenvalue weighted by Crippen LogP contribution is 2.51. The molecule has 5 heteroatoms. The van der Waals surface area contributed by atoms with E-state index in [0.29, 0.717) is 18.9 Å². The van der Waals surface area contributed by atoms with Crippen LogP contribution in [-0.2, 0) is 15.3 Å². The van der Waals surface area contributed by atoms with E-state index in [1.807, 2.05) is 24.3 Å². The molecule has 110 valence electrons. The molecule has 2 aliphatic rings. The highest BCUT2D eigenvalue weighted by Gasteiger charge is 2.52. The van der Waals surface area contributed by atoms with Crippen molar-refractivity contribution < 1.29 is 14.6 Å². The van der Waals surface area contributed by atoms with Gasteiger partial charge in [-0.05, 0) is 0 Å². The second-order valence-electron chi connectivity index (χ2n) is 5.85. The number of rotatable bonds is 1. The number of ether oxygens (including phenoxy) is 2. The van der Waals surface area contributed by atoms with Gasteiger partial charge in [0.25, 0.3) is 0 Å². The van der Waals surface area contributed by atoms with Gasteiger partial charge in [-0.15, -0.1) is 0 Å². The van der Waals surface area contributed by atoms with Crippen molar-refractivity contribution >= 4 is 0 Å². The SMILES string of the molecule is CC(C)c1nc2c([nH]1)C(O)C1(OCCO1)c1ccccc1-2. The van der Waals surface area contributed by atoms with Crippen LogP contribution in [-0.4, -0.2) is 28.3 Å². The van der Waals surface area contributed by atoms with E-state index in [4.69, 9.17) is 9.47 Å². The quantitative estimate of drug-likeness (QED) is 0.845. The summed E-state index contributed by atoms with van der Waals surface area (Å²) in [6.07, 6.45) is -0.898. The van der Waals surface area contributed by atoms with Crippen molar-refractivity contribution in [3.8, 4) is 11.3 Å². The molecule has 1 saturated heterocycles. The minimum absolute atomic E-state index is 0.260. The van der Waals surface area contributed by atoms with E-state index >= 15 is 0 Å². The number of aromatic nitrogens is 2. The molecule has 2 heterocycles. The third-order valence-electron chi connectivity index (χ3n) is 4.20. The number of nitrogens with one attached hydrogen (secondary N) is 1. The normalized spacial score (nSPS) is 22.6. The van der Waals surface area contributed by atoms with Crippen molar-refractivity contribution in [2.24, 2.45) is 0 Å². The van der Waals surface area contributed by atoms with Gasteiger partial charge in [0, 0.05) is 17.0 Å². The lowest BCUT2D eigenvalue weighted by Gasteiger charge is -2.37. The number of nitrogens with zero attached hydrogens (tertiary/aromatic N) is 1. The topological polar surface area (TPSA) is 67.4 Å². The minimum Gasteiger partial charge on any atom is -0.381 e. The predicted octanol–water partition coefficient (Wildman–Crippen LogP) is 2.45. The van der Waals surface area contributed by atoms with Crippen LogP contribution in [0.1, 0.15) is 43.0 Å². The van der Waals surface area contributed by atoms with Crippen molar-refractivity contribution in [3.63, 3.8) is 0 Å². The van der Waals surface area contributed by atoms with Crippen molar-refractivity contribution in [1.29, 1.82) is 0 Å². The van der Waals surface area contributed by atoms with Gasteiger partial charge in [-0.3, -0.25) is 0 Å². The largest absolute Gasteiger partial charge is 0.381 e. The monoisotopic (exact) mass is 286 g/mol. The molecule has 0 saturated carbocycles. The third-order valence-corrected chi connectivity index (χ3v) is 4.20. The molecule has 0 amide bonds. The molecule has 1 spiro atoms. The smallest absolute Gasteiger partial charge is 0.228 e. The van der Waals surface area contributed by atoms with Gasteiger partial charge in [-0.1, -0.05) is 38.1 Å². The summed E-state index contributed by atoms with van der Waals surface area (Å²) in [6.45, 7) is 5.10. The molecule has 2 N–H and O–H groups in total. The average molecular weight is 286 g/mol. The molecule has 0 radical (unpaired) electrons. The van der Waals surface area contributed by atoms with Crippen LogP contribution in [0.3, 0.4) is 0 Å². The molecule has 2 aromatic rings. The number of benzene rings is 1. The zero-order valence-electron chi connectivity index (χ0n) is 12.1. The van der Waals surface area contributed by atoms with Gasteiger partial charge in [0.15, 0.2) is 6.10 Å². The molecular weight excluding hydrogens is 268 g/mol. The number of imidazole rings is 1. The summed E-state index contributed by atoms with van der Waals surface area (Å²) < 4.78 is 11.7. The van der Waals surface area contributed by atoms with Gasteiger partial charge in [0.05, 0.1) is 24.6 Å². The van der Waals surface area contributed by atoms with Gasteiger partial charge in [0.2, 0.25) is 5.79 Å². The van der Waals surface area contributed by atoms with Crippen LogP contribution in [0, 0.1) is 0 Å². The van der Waals surface area contributed by atoms with E-state index in [1.54, 1.807) is 0 Å². The first-order chi connectivity index (χ1) is 10.1. The highest BCUT2D eigenvalue weighted by molar-refractivity contribution is 5.71. The molecule has 1 aliphatic carbocycles. The van der Waals surface area contributed by atoms with Gasteiger partial charge in [-0.25, -0.2) is 4.98 Å². The second-order valence-corrected chi connectivity index (χ2v) is 5.85. The summed E-state index contributed by atoms with van der Waals surface area (Å²) in [4.78, 5) is 7.92. The van der Waals surface area contributed by atoms with Crippen molar-refractivity contribution in [2.45, 2.75) is 31.7 Å². The lowest BCUT2D eigenvalue weighted by atomic mass is 9.85. The molecule has 1 fully saturated rings. The average Bonchev–Trinajstić information content (AvgIpc) is 3.14. The van der Waals surface area contributed by atoms with Gasteiger partial charge >= 0.3 is 0 Å². The Morgan fingerprint density at radius 1 is 1.29 bits per heavy atom. The van der Waals surface area contributed by atoms with E-state index in [-0.39, 0.29) is 5.92 Å². The second kappa shape index (κ2) is 4.40. The predicted molar refractivity (Wildman–Crippen MR) is 76.7 cm³/mol. The number of hydrogen-bond acceptors (Lipinski definition) is 4. The van der Waals surface area contributed by atoms with Crippen LogP contribution >= 0.6 is 0 Å². The summed E-state index contributed by atoms with van der Waals surface area (Å²) in [7, 11) is 0. The van der Waals surface area contributed by atoms with Crippen LogP contribution < -0.4 is 0 Å². The molecule has 1 aliphatic heterocycles. The molecule has 5 nitrogen and oxygen atoms in total. The fourth-order valence-electron chi connectivity index (χ4n) is 3.15. The Hall–Kier alpha value is -1.69. The first-order valence-corrected chi connectivity index (χ1v) is 7.29. The fraction of sp³-hybridized carbons (Fsp3) is 0.438. The standard InChI is InChI=1S/C16H18N2O3/c1-9(2)15-17-12-10-5-3-4-6-11(10)16(20-7-8-21-16)14(19)13(12)18-15/h3-6,9,14,19H,7-8H2,1-2H3,(H,17,18). The summed E-state index contributed by atoms with van der Waals surface area (Å²) in [5.41, 5.74) is 3.29. The Labute approximate surface area is 122 Å². The van der Waals surface area contributed by atoms with Gasteiger partial charge in [-0.2, -0.15) is 0 Å². The van der Waals surface area contributed by atoms with E-state index in [0.717, 1.165) is 22.6 Å². The molecule has 21 heavy (non-hydrogen) atoms. The summed E-state index contributed by atoms with van der Waals surface area (Å²) in [6, 6.07) is 7.83. The van der Waals surface area contributed by atoms with Crippen LogP contribution in [0.2, 0.25) is 0 Å². The molecule has 4 rings (SSSR count). The number of aliphatic hydroxyl groups is 1. The Bertz CT molecular complexity index is 687. The van der Waals surface area contributed by atoms with E-state index in [1.165, 1.54) is 0 Å². The van der Waals surface area contributed by atoms with Crippen LogP contribution in [0.15, 0.2) is 24.3 Å². The number of fused-ring (bicyclic) bond motifs is 4. The lowest BCUT2D eigenvalue weighted by Crippen LogP contribution is -2.38. The van der Waals surface area contributed by atoms with E-state index in [2.05, 4.69) is 23.8 Å².